The number of nitrogens with one attached hydrogen (secondary N) is 2. The zero-order chi connectivity index (χ0) is 15.0. The molecule has 0 aromatic heterocycles. The second-order valence-corrected chi connectivity index (χ2v) is 4.00. The Labute approximate surface area is 116 Å². The van der Waals surface area contributed by atoms with Gasteiger partial charge in [-0.2, -0.15) is 0 Å². The molecule has 1 aromatic carbocycles. The standard InChI is InChI=1S/C13H17N3O4/c1-9-4-2-3-5-10(9)20-13(19)8-16-12(18)7-15-11(17)6-14/h2-5H,6-8,14H2,1H3,(H,15,17)(H,16,18). The molecule has 0 aliphatic carbocycles. The number of para-hydroxylation sites is 1. The van der Waals surface area contributed by atoms with E-state index in [1.165, 1.54) is 0 Å². The molecule has 7 heteroatoms. The van der Waals surface area contributed by atoms with Crippen molar-refractivity contribution in [2.75, 3.05) is 19.6 Å². The van der Waals surface area contributed by atoms with E-state index in [1.54, 1.807) is 12.1 Å². The van der Waals surface area contributed by atoms with E-state index >= 15 is 0 Å². The molecule has 7 nitrogen and oxygen atoms in total. The molecule has 0 fully saturated rings. The van der Waals surface area contributed by atoms with Crippen LogP contribution >= 0.6 is 0 Å². The summed E-state index contributed by atoms with van der Waals surface area (Å²) in [5.41, 5.74) is 5.88. The smallest absolute Gasteiger partial charge is 0.330 e. The van der Waals surface area contributed by atoms with Gasteiger partial charge >= 0.3 is 5.97 Å². The Morgan fingerprint density at radius 2 is 1.75 bits per heavy atom. The minimum atomic E-state index is -0.585. The van der Waals surface area contributed by atoms with Gasteiger partial charge in [0.05, 0.1) is 13.1 Å². The molecule has 1 aromatic rings. The molecule has 0 radical (unpaired) electrons. The van der Waals surface area contributed by atoms with Gasteiger partial charge in [-0.1, -0.05) is 18.2 Å². The molecule has 1 rings (SSSR count). The van der Waals surface area contributed by atoms with Crippen molar-refractivity contribution >= 4 is 17.8 Å². The second-order valence-electron chi connectivity index (χ2n) is 4.00. The maximum absolute atomic E-state index is 11.5. The minimum absolute atomic E-state index is 0.192. The molecule has 0 aliphatic heterocycles. The summed E-state index contributed by atoms with van der Waals surface area (Å²) in [6, 6.07) is 7.05. The van der Waals surface area contributed by atoms with E-state index < -0.39 is 17.8 Å². The summed E-state index contributed by atoms with van der Waals surface area (Å²) >= 11 is 0. The Bertz CT molecular complexity index is 502. The predicted molar refractivity (Wildman–Crippen MR) is 71.9 cm³/mol. The molecule has 4 N–H and O–H groups in total. The zero-order valence-electron chi connectivity index (χ0n) is 11.1. The summed E-state index contributed by atoms with van der Waals surface area (Å²) in [5.74, 6) is -1.07. The summed E-state index contributed by atoms with van der Waals surface area (Å²) in [7, 11) is 0. The molecular formula is C13H17N3O4. The molecular weight excluding hydrogens is 262 g/mol. The summed E-state index contributed by atoms with van der Waals surface area (Å²) in [6.07, 6.45) is 0. The van der Waals surface area contributed by atoms with Crippen LogP contribution in [0.4, 0.5) is 0 Å². The van der Waals surface area contributed by atoms with Gasteiger partial charge in [-0.3, -0.25) is 9.59 Å². The molecule has 0 saturated carbocycles. The Kier molecular flexibility index (Phi) is 6.18. The normalized spacial score (nSPS) is 9.70. The summed E-state index contributed by atoms with van der Waals surface area (Å²) in [4.78, 5) is 33.7. The molecule has 0 aliphatic rings. The molecule has 0 atom stereocenters. The van der Waals surface area contributed by atoms with E-state index in [9.17, 15) is 14.4 Å². The Balaban J connectivity index is 2.31. The van der Waals surface area contributed by atoms with Crippen molar-refractivity contribution in [2.45, 2.75) is 6.92 Å². The highest BCUT2D eigenvalue weighted by Crippen LogP contribution is 2.15. The Morgan fingerprint density at radius 1 is 1.10 bits per heavy atom. The van der Waals surface area contributed by atoms with Crippen LogP contribution in [0.25, 0.3) is 0 Å². The number of amides is 2. The molecule has 0 unspecified atom stereocenters. The largest absolute Gasteiger partial charge is 0.425 e. The van der Waals surface area contributed by atoms with Crippen molar-refractivity contribution in [3.63, 3.8) is 0 Å². The van der Waals surface area contributed by atoms with E-state index in [4.69, 9.17) is 10.5 Å². The third-order valence-electron chi connectivity index (χ3n) is 2.38. The number of nitrogens with two attached hydrogens (primary N) is 1. The Hall–Kier alpha value is -2.41. The second kappa shape index (κ2) is 7.90. The van der Waals surface area contributed by atoms with Gasteiger partial charge in [0.2, 0.25) is 11.8 Å². The monoisotopic (exact) mass is 279 g/mol. The highest BCUT2D eigenvalue weighted by atomic mass is 16.5. The van der Waals surface area contributed by atoms with Crippen LogP contribution in [0.2, 0.25) is 0 Å². The van der Waals surface area contributed by atoms with Crippen LogP contribution in [0.3, 0.4) is 0 Å². The van der Waals surface area contributed by atoms with Gasteiger partial charge in [-0.15, -0.1) is 0 Å². The van der Waals surface area contributed by atoms with E-state index in [0.29, 0.717) is 5.75 Å². The van der Waals surface area contributed by atoms with Crippen LogP contribution in [0.15, 0.2) is 24.3 Å². The van der Waals surface area contributed by atoms with Gasteiger partial charge in [0, 0.05) is 0 Å². The summed E-state index contributed by atoms with van der Waals surface area (Å²) in [5, 5.41) is 4.62. The topological polar surface area (TPSA) is 111 Å². The number of ether oxygens (including phenoxy) is 1. The predicted octanol–water partition coefficient (Wildman–Crippen LogP) is -0.908. The fourth-order valence-electron chi connectivity index (χ4n) is 1.31. The third kappa shape index (κ3) is 5.49. The van der Waals surface area contributed by atoms with Crippen LogP contribution in [-0.4, -0.2) is 37.4 Å². The molecule has 0 saturated heterocycles. The van der Waals surface area contributed by atoms with Crippen LogP contribution in [0.5, 0.6) is 5.75 Å². The van der Waals surface area contributed by atoms with Crippen molar-refractivity contribution in [1.82, 2.24) is 10.6 Å². The van der Waals surface area contributed by atoms with E-state index in [2.05, 4.69) is 10.6 Å². The first-order chi connectivity index (χ1) is 9.52. The number of esters is 1. The third-order valence-corrected chi connectivity index (χ3v) is 2.38. The lowest BCUT2D eigenvalue weighted by Crippen LogP contribution is -2.41. The van der Waals surface area contributed by atoms with E-state index in [0.717, 1.165) is 5.56 Å². The lowest BCUT2D eigenvalue weighted by molar-refractivity contribution is -0.135. The molecule has 0 spiro atoms. The highest BCUT2D eigenvalue weighted by Gasteiger charge is 2.09. The first-order valence-corrected chi connectivity index (χ1v) is 6.02. The average Bonchev–Trinajstić information content (AvgIpc) is 2.45. The number of aryl methyl sites for hydroxylation is 1. The fourth-order valence-corrected chi connectivity index (χ4v) is 1.31. The van der Waals surface area contributed by atoms with Crippen molar-refractivity contribution in [3.05, 3.63) is 29.8 Å². The van der Waals surface area contributed by atoms with Crippen LogP contribution in [0.1, 0.15) is 5.56 Å². The molecule has 2 amide bonds. The van der Waals surface area contributed by atoms with Gasteiger partial charge in [0.1, 0.15) is 12.3 Å². The van der Waals surface area contributed by atoms with E-state index in [-0.39, 0.29) is 19.6 Å². The molecule has 20 heavy (non-hydrogen) atoms. The molecule has 108 valence electrons. The van der Waals surface area contributed by atoms with Gasteiger partial charge in [-0.25, -0.2) is 4.79 Å². The zero-order valence-corrected chi connectivity index (χ0v) is 11.1. The number of carbonyl (C=O) groups excluding carboxylic acids is 3. The first-order valence-electron chi connectivity index (χ1n) is 6.02. The molecule has 0 heterocycles. The first kappa shape index (κ1) is 15.6. The summed E-state index contributed by atoms with van der Waals surface area (Å²) in [6.45, 7) is 1.12. The quantitative estimate of drug-likeness (QED) is 0.461. The molecule has 0 bridgehead atoms. The number of hydrogen-bond donors (Lipinski definition) is 3. The highest BCUT2D eigenvalue weighted by molar-refractivity contribution is 5.87. The average molecular weight is 279 g/mol. The maximum atomic E-state index is 11.5. The van der Waals surface area contributed by atoms with Gasteiger partial charge in [0.25, 0.3) is 0 Å². The van der Waals surface area contributed by atoms with Crippen LogP contribution < -0.4 is 21.1 Å². The van der Waals surface area contributed by atoms with Crippen molar-refractivity contribution < 1.29 is 19.1 Å². The lowest BCUT2D eigenvalue weighted by Gasteiger charge is -2.08. The minimum Gasteiger partial charge on any atom is -0.425 e. The fraction of sp³-hybridized carbons (Fsp3) is 0.308. The van der Waals surface area contributed by atoms with Crippen molar-refractivity contribution in [3.8, 4) is 5.75 Å². The van der Waals surface area contributed by atoms with Crippen molar-refractivity contribution in [1.29, 1.82) is 0 Å². The Morgan fingerprint density at radius 3 is 2.40 bits per heavy atom. The van der Waals surface area contributed by atoms with Crippen LogP contribution in [0, 0.1) is 6.92 Å². The maximum Gasteiger partial charge on any atom is 0.330 e. The lowest BCUT2D eigenvalue weighted by atomic mass is 10.2. The van der Waals surface area contributed by atoms with E-state index in [1.807, 2.05) is 19.1 Å². The van der Waals surface area contributed by atoms with Gasteiger partial charge in [-0.05, 0) is 18.6 Å². The number of benzene rings is 1. The number of rotatable bonds is 6. The van der Waals surface area contributed by atoms with Gasteiger partial charge < -0.3 is 21.1 Å². The van der Waals surface area contributed by atoms with Gasteiger partial charge in [0.15, 0.2) is 0 Å². The summed E-state index contributed by atoms with van der Waals surface area (Å²) < 4.78 is 5.08. The van der Waals surface area contributed by atoms with Crippen LogP contribution in [-0.2, 0) is 14.4 Å². The number of carbonyl (C=O) groups is 3. The number of hydrogen-bond acceptors (Lipinski definition) is 5. The van der Waals surface area contributed by atoms with Crippen molar-refractivity contribution in [2.24, 2.45) is 5.73 Å². The SMILES string of the molecule is Cc1ccccc1OC(=O)CNC(=O)CNC(=O)CN.